The average Bonchev–Trinajstić information content (AvgIpc) is 2.30. The second-order valence-corrected chi connectivity index (χ2v) is 5.14. The summed E-state index contributed by atoms with van der Waals surface area (Å²) in [6.45, 7) is 0. The Balaban J connectivity index is 2.55. The Morgan fingerprint density at radius 3 is 2.00 bits per heavy atom. The highest BCUT2D eigenvalue weighted by molar-refractivity contribution is 9.10. The zero-order chi connectivity index (χ0) is 12.4. The van der Waals surface area contributed by atoms with E-state index in [1.165, 1.54) is 0 Å². The van der Waals surface area contributed by atoms with Gasteiger partial charge in [-0.2, -0.15) is 0 Å². The maximum atomic E-state index is 6.08. The molecule has 0 aliphatic rings. The molecule has 0 aliphatic carbocycles. The van der Waals surface area contributed by atoms with Crippen molar-refractivity contribution in [2.45, 2.75) is 5.88 Å². The van der Waals surface area contributed by atoms with Crippen LogP contribution in [0.5, 0.6) is 0 Å². The number of aromatic nitrogens is 2. The van der Waals surface area contributed by atoms with E-state index in [2.05, 4.69) is 25.9 Å². The maximum absolute atomic E-state index is 6.08. The predicted octanol–water partition coefficient (Wildman–Crippen LogP) is 4.95. The normalized spacial score (nSPS) is 10.6. The molecule has 17 heavy (non-hydrogen) atoms. The first-order valence-electron chi connectivity index (χ1n) is 4.65. The van der Waals surface area contributed by atoms with E-state index in [1.54, 1.807) is 0 Å². The van der Waals surface area contributed by atoms with Crippen LogP contribution in [0, 0.1) is 0 Å². The fourth-order valence-electron chi connectivity index (χ4n) is 1.36. The number of nitrogens with zero attached hydrogens (tertiary/aromatic N) is 2. The molecule has 0 radical (unpaired) electrons. The Bertz CT molecular complexity index is 520. The summed E-state index contributed by atoms with van der Waals surface area (Å²) in [5.74, 6) is 0.600. The van der Waals surface area contributed by atoms with Gasteiger partial charge >= 0.3 is 0 Å². The van der Waals surface area contributed by atoms with E-state index in [0.717, 1.165) is 10.0 Å². The molecule has 1 aromatic heterocycles. The van der Waals surface area contributed by atoms with Crippen molar-refractivity contribution in [3.05, 3.63) is 44.9 Å². The van der Waals surface area contributed by atoms with E-state index >= 15 is 0 Å². The first kappa shape index (κ1) is 13.1. The van der Waals surface area contributed by atoms with Gasteiger partial charge in [0.05, 0.1) is 11.4 Å². The van der Waals surface area contributed by atoms with Crippen molar-refractivity contribution < 1.29 is 0 Å². The van der Waals surface area contributed by atoms with Crippen LogP contribution < -0.4 is 0 Å². The highest BCUT2D eigenvalue weighted by Crippen LogP contribution is 2.33. The summed E-state index contributed by atoms with van der Waals surface area (Å²) < 4.78 is 0.979. The van der Waals surface area contributed by atoms with Crippen LogP contribution in [0.1, 0.15) is 5.82 Å². The van der Waals surface area contributed by atoms with Crippen molar-refractivity contribution in [1.82, 2.24) is 9.97 Å². The Hall–Kier alpha value is -0.350. The molecular weight excluding hydrogens is 346 g/mol. The molecule has 0 bridgehead atoms. The quantitative estimate of drug-likeness (QED) is 0.564. The Labute approximate surface area is 122 Å². The number of hydrogen-bond acceptors (Lipinski definition) is 2. The molecule has 2 aromatic rings. The third kappa shape index (κ3) is 2.91. The van der Waals surface area contributed by atoms with Crippen molar-refractivity contribution in [2.75, 3.05) is 0 Å². The van der Waals surface area contributed by atoms with Gasteiger partial charge in [-0.05, 0) is 17.7 Å². The average molecular weight is 352 g/mol. The molecule has 6 heteroatoms. The number of halogens is 4. The molecule has 0 saturated carbocycles. The van der Waals surface area contributed by atoms with Crippen LogP contribution >= 0.6 is 50.7 Å². The van der Waals surface area contributed by atoms with Gasteiger partial charge in [-0.25, -0.2) is 9.97 Å². The molecule has 88 valence electrons. The molecule has 1 aromatic carbocycles. The molecule has 0 atom stereocenters. The number of alkyl halides is 1. The van der Waals surface area contributed by atoms with Crippen LogP contribution in [0.3, 0.4) is 0 Å². The highest BCUT2D eigenvalue weighted by Gasteiger charge is 2.13. The van der Waals surface area contributed by atoms with Gasteiger partial charge in [0.2, 0.25) is 0 Å². The standard InChI is InChI=1S/C11H6BrCl3N2/c12-7-3-1-6(2-4-7)9-10(14)16-8(5-13)17-11(9)15/h1-4H,5H2. The molecule has 0 amide bonds. The van der Waals surface area contributed by atoms with E-state index < -0.39 is 0 Å². The van der Waals surface area contributed by atoms with E-state index in [9.17, 15) is 0 Å². The Kier molecular flexibility index (Phi) is 4.26. The van der Waals surface area contributed by atoms with Gasteiger partial charge in [-0.3, -0.25) is 0 Å². The fourth-order valence-corrected chi connectivity index (χ4v) is 2.39. The van der Waals surface area contributed by atoms with Crippen molar-refractivity contribution in [2.24, 2.45) is 0 Å². The van der Waals surface area contributed by atoms with Crippen molar-refractivity contribution in [1.29, 1.82) is 0 Å². The van der Waals surface area contributed by atoms with E-state index in [1.807, 2.05) is 24.3 Å². The lowest BCUT2D eigenvalue weighted by atomic mass is 10.1. The van der Waals surface area contributed by atoms with Gasteiger partial charge in [0, 0.05) is 4.47 Å². The van der Waals surface area contributed by atoms with Gasteiger partial charge in [-0.15, -0.1) is 11.6 Å². The molecule has 0 spiro atoms. The lowest BCUT2D eigenvalue weighted by Crippen LogP contribution is -1.96. The molecule has 0 unspecified atom stereocenters. The molecule has 0 aliphatic heterocycles. The first-order chi connectivity index (χ1) is 8.11. The molecule has 0 saturated heterocycles. The summed E-state index contributed by atoms with van der Waals surface area (Å²) in [6.07, 6.45) is 0. The first-order valence-corrected chi connectivity index (χ1v) is 6.74. The van der Waals surface area contributed by atoms with Gasteiger partial charge < -0.3 is 0 Å². The predicted molar refractivity (Wildman–Crippen MR) is 74.7 cm³/mol. The van der Waals surface area contributed by atoms with Crippen LogP contribution in [-0.2, 0) is 5.88 Å². The second kappa shape index (κ2) is 5.53. The lowest BCUT2D eigenvalue weighted by molar-refractivity contribution is 1.03. The molecule has 0 N–H and O–H groups in total. The summed E-state index contributed by atoms with van der Waals surface area (Å²) in [5, 5.41) is 0.617. The maximum Gasteiger partial charge on any atom is 0.146 e. The molecule has 2 rings (SSSR count). The summed E-state index contributed by atoms with van der Waals surface area (Å²) in [5.41, 5.74) is 1.49. The zero-order valence-electron chi connectivity index (χ0n) is 8.42. The second-order valence-electron chi connectivity index (χ2n) is 3.24. The summed E-state index contributed by atoms with van der Waals surface area (Å²) in [7, 11) is 0. The SMILES string of the molecule is ClCc1nc(Cl)c(-c2ccc(Br)cc2)c(Cl)n1. The summed E-state index contributed by atoms with van der Waals surface area (Å²) in [4.78, 5) is 8.15. The van der Waals surface area contributed by atoms with E-state index in [-0.39, 0.29) is 5.88 Å². The van der Waals surface area contributed by atoms with Crippen LogP contribution in [-0.4, -0.2) is 9.97 Å². The summed E-state index contributed by atoms with van der Waals surface area (Å²) in [6, 6.07) is 7.58. The van der Waals surface area contributed by atoms with Gasteiger partial charge in [0.1, 0.15) is 16.1 Å². The van der Waals surface area contributed by atoms with Gasteiger partial charge in [0.25, 0.3) is 0 Å². The third-order valence-corrected chi connectivity index (χ3v) is 3.43. The van der Waals surface area contributed by atoms with Crippen molar-refractivity contribution >= 4 is 50.7 Å². The smallest absolute Gasteiger partial charge is 0.146 e. The van der Waals surface area contributed by atoms with E-state index in [4.69, 9.17) is 34.8 Å². The molecule has 1 heterocycles. The minimum Gasteiger partial charge on any atom is -0.219 e. The Morgan fingerprint density at radius 1 is 1.00 bits per heavy atom. The lowest BCUT2D eigenvalue weighted by Gasteiger charge is -2.07. The largest absolute Gasteiger partial charge is 0.219 e. The van der Waals surface area contributed by atoms with Crippen LogP contribution in [0.4, 0.5) is 0 Å². The summed E-state index contributed by atoms with van der Waals surface area (Å²) >= 11 is 21.2. The van der Waals surface area contributed by atoms with Gasteiger partial charge in [0.15, 0.2) is 0 Å². The van der Waals surface area contributed by atoms with Crippen molar-refractivity contribution in [3.63, 3.8) is 0 Å². The highest BCUT2D eigenvalue weighted by atomic mass is 79.9. The monoisotopic (exact) mass is 350 g/mol. The third-order valence-electron chi connectivity index (χ3n) is 2.12. The van der Waals surface area contributed by atoms with Crippen LogP contribution in [0.2, 0.25) is 10.3 Å². The fraction of sp³-hybridized carbons (Fsp3) is 0.0909. The number of benzene rings is 1. The Morgan fingerprint density at radius 2 is 1.53 bits per heavy atom. The topological polar surface area (TPSA) is 25.8 Å². The number of rotatable bonds is 2. The van der Waals surface area contributed by atoms with E-state index in [0.29, 0.717) is 21.7 Å². The van der Waals surface area contributed by atoms with Gasteiger partial charge in [-0.1, -0.05) is 51.3 Å². The van der Waals surface area contributed by atoms with Crippen LogP contribution in [0.15, 0.2) is 28.7 Å². The molecule has 2 nitrogen and oxygen atoms in total. The minimum atomic E-state index is 0.181. The van der Waals surface area contributed by atoms with Crippen LogP contribution in [0.25, 0.3) is 11.1 Å². The minimum absolute atomic E-state index is 0.181. The number of hydrogen-bond donors (Lipinski definition) is 0. The molecule has 0 fully saturated rings. The molecular formula is C11H6BrCl3N2. The van der Waals surface area contributed by atoms with Crippen molar-refractivity contribution in [3.8, 4) is 11.1 Å². The zero-order valence-corrected chi connectivity index (χ0v) is 12.3.